The lowest BCUT2D eigenvalue weighted by atomic mass is 9.99. The summed E-state index contributed by atoms with van der Waals surface area (Å²) in [4.78, 5) is 17.1. The molecule has 0 atom stereocenters. The summed E-state index contributed by atoms with van der Waals surface area (Å²) in [5.41, 5.74) is 4.48. The molecule has 0 aliphatic carbocycles. The molecule has 5 nitrogen and oxygen atoms in total. The Balaban J connectivity index is 1.67. The van der Waals surface area contributed by atoms with Crippen LogP contribution in [0.4, 0.5) is 0 Å². The number of hydrogen-bond donors (Lipinski definition) is 0. The van der Waals surface area contributed by atoms with E-state index < -0.39 is 0 Å². The fraction of sp³-hybridized carbons (Fsp3) is 0.320. The SMILES string of the molecule is CCN1CCN(C(=O)/C=C(\C)c2cc3c(-c4ccc(Cl)cc4)coc3cc2OC)CC1. The van der Waals surface area contributed by atoms with Crippen molar-refractivity contribution < 1.29 is 13.9 Å². The van der Waals surface area contributed by atoms with Gasteiger partial charge in [-0.2, -0.15) is 0 Å². The minimum Gasteiger partial charge on any atom is -0.496 e. The Morgan fingerprint density at radius 3 is 2.52 bits per heavy atom. The minimum absolute atomic E-state index is 0.0421. The number of hydrogen-bond acceptors (Lipinski definition) is 4. The number of carbonyl (C=O) groups excluding carboxylic acids is 1. The zero-order chi connectivity index (χ0) is 22.0. The van der Waals surface area contributed by atoms with Gasteiger partial charge in [-0.15, -0.1) is 0 Å². The lowest BCUT2D eigenvalue weighted by molar-refractivity contribution is -0.127. The number of carbonyl (C=O) groups is 1. The highest BCUT2D eigenvalue weighted by Crippen LogP contribution is 2.37. The molecule has 162 valence electrons. The van der Waals surface area contributed by atoms with E-state index in [0.717, 1.165) is 66.0 Å². The largest absolute Gasteiger partial charge is 0.496 e. The molecule has 1 fully saturated rings. The Bertz CT molecular complexity index is 1110. The third-order valence-corrected chi connectivity index (χ3v) is 6.20. The number of nitrogens with zero attached hydrogens (tertiary/aromatic N) is 2. The van der Waals surface area contributed by atoms with Crippen LogP contribution in [0, 0.1) is 0 Å². The van der Waals surface area contributed by atoms with Crippen LogP contribution in [-0.2, 0) is 4.79 Å². The van der Waals surface area contributed by atoms with Gasteiger partial charge < -0.3 is 19.0 Å². The Labute approximate surface area is 187 Å². The number of rotatable bonds is 5. The van der Waals surface area contributed by atoms with Crippen molar-refractivity contribution in [3.63, 3.8) is 0 Å². The highest BCUT2D eigenvalue weighted by atomic mass is 35.5. The van der Waals surface area contributed by atoms with Crippen LogP contribution in [0.2, 0.25) is 5.02 Å². The van der Waals surface area contributed by atoms with E-state index in [1.807, 2.05) is 48.2 Å². The van der Waals surface area contributed by atoms with Gasteiger partial charge in [0.2, 0.25) is 5.91 Å². The Hall–Kier alpha value is -2.76. The van der Waals surface area contributed by atoms with Crippen molar-refractivity contribution in [2.24, 2.45) is 0 Å². The zero-order valence-electron chi connectivity index (χ0n) is 18.2. The van der Waals surface area contributed by atoms with Crippen LogP contribution in [0.3, 0.4) is 0 Å². The monoisotopic (exact) mass is 438 g/mol. The highest BCUT2D eigenvalue weighted by molar-refractivity contribution is 6.30. The third-order valence-electron chi connectivity index (χ3n) is 5.95. The fourth-order valence-corrected chi connectivity index (χ4v) is 4.15. The number of benzene rings is 2. The molecule has 0 N–H and O–H groups in total. The molecule has 1 aliphatic rings. The van der Waals surface area contributed by atoms with E-state index in [1.54, 1.807) is 19.4 Å². The summed E-state index contributed by atoms with van der Waals surface area (Å²) in [6.07, 6.45) is 3.46. The lowest BCUT2D eigenvalue weighted by Crippen LogP contribution is -2.48. The first-order valence-electron chi connectivity index (χ1n) is 10.5. The number of fused-ring (bicyclic) bond motifs is 1. The number of furan rings is 1. The number of likely N-dealkylation sites (N-methyl/N-ethyl adjacent to an activating group) is 1. The molecule has 3 aromatic rings. The summed E-state index contributed by atoms with van der Waals surface area (Å²) in [7, 11) is 1.63. The van der Waals surface area contributed by atoms with Crippen molar-refractivity contribution in [3.05, 3.63) is 59.3 Å². The van der Waals surface area contributed by atoms with Crippen molar-refractivity contribution in [2.75, 3.05) is 39.8 Å². The number of halogens is 1. The van der Waals surface area contributed by atoms with Gasteiger partial charge in [-0.25, -0.2) is 0 Å². The first-order chi connectivity index (χ1) is 15.0. The smallest absolute Gasteiger partial charge is 0.246 e. The Kier molecular flexibility index (Phi) is 6.35. The molecule has 2 heterocycles. The molecule has 0 radical (unpaired) electrons. The maximum atomic E-state index is 12.9. The molecule has 6 heteroatoms. The minimum atomic E-state index is 0.0421. The quantitative estimate of drug-likeness (QED) is 0.505. The summed E-state index contributed by atoms with van der Waals surface area (Å²) in [5, 5.41) is 1.66. The predicted octanol–water partition coefficient (Wildman–Crippen LogP) is 5.33. The summed E-state index contributed by atoms with van der Waals surface area (Å²) >= 11 is 6.04. The molecule has 4 rings (SSSR count). The van der Waals surface area contributed by atoms with E-state index in [-0.39, 0.29) is 5.91 Å². The van der Waals surface area contributed by atoms with Crippen molar-refractivity contribution in [2.45, 2.75) is 13.8 Å². The molecule has 1 amide bonds. The van der Waals surface area contributed by atoms with E-state index in [2.05, 4.69) is 11.8 Å². The summed E-state index contributed by atoms with van der Waals surface area (Å²) in [6.45, 7) is 8.48. The summed E-state index contributed by atoms with van der Waals surface area (Å²) < 4.78 is 11.4. The van der Waals surface area contributed by atoms with Crippen molar-refractivity contribution in [1.29, 1.82) is 0 Å². The van der Waals surface area contributed by atoms with Crippen LogP contribution in [0.5, 0.6) is 5.75 Å². The molecule has 0 saturated carbocycles. The maximum Gasteiger partial charge on any atom is 0.246 e. The molecule has 1 aliphatic heterocycles. The average Bonchev–Trinajstić information content (AvgIpc) is 3.21. The second-order valence-corrected chi connectivity index (χ2v) is 8.23. The first-order valence-corrected chi connectivity index (χ1v) is 10.9. The molecule has 1 saturated heterocycles. The van der Waals surface area contributed by atoms with Crippen LogP contribution in [-0.4, -0.2) is 55.5 Å². The van der Waals surface area contributed by atoms with Gasteiger partial charge in [-0.1, -0.05) is 30.7 Å². The highest BCUT2D eigenvalue weighted by Gasteiger charge is 2.20. The third kappa shape index (κ3) is 4.48. The van der Waals surface area contributed by atoms with E-state index in [9.17, 15) is 4.79 Å². The molecule has 0 unspecified atom stereocenters. The molecule has 0 bridgehead atoms. The number of ether oxygens (including phenoxy) is 1. The van der Waals surface area contributed by atoms with Crippen molar-refractivity contribution in [1.82, 2.24) is 9.80 Å². The normalized spacial score (nSPS) is 15.5. The van der Waals surface area contributed by atoms with E-state index in [4.69, 9.17) is 20.8 Å². The average molecular weight is 439 g/mol. The molecule has 0 spiro atoms. The van der Waals surface area contributed by atoms with Crippen LogP contribution in [0.15, 0.2) is 53.2 Å². The Morgan fingerprint density at radius 1 is 1.16 bits per heavy atom. The maximum absolute atomic E-state index is 12.9. The molecule has 2 aromatic carbocycles. The number of methoxy groups -OCH3 is 1. The second kappa shape index (κ2) is 9.16. The van der Waals surface area contributed by atoms with Crippen LogP contribution in [0.1, 0.15) is 19.4 Å². The van der Waals surface area contributed by atoms with Crippen LogP contribution >= 0.6 is 11.6 Å². The Morgan fingerprint density at radius 2 is 1.87 bits per heavy atom. The van der Waals surface area contributed by atoms with Crippen LogP contribution in [0.25, 0.3) is 27.7 Å². The summed E-state index contributed by atoms with van der Waals surface area (Å²) in [6, 6.07) is 11.6. The van der Waals surface area contributed by atoms with Gasteiger partial charge in [0.05, 0.1) is 13.4 Å². The van der Waals surface area contributed by atoms with Crippen molar-refractivity contribution >= 4 is 34.1 Å². The molecular weight excluding hydrogens is 412 g/mol. The second-order valence-electron chi connectivity index (χ2n) is 7.79. The standard InChI is InChI=1S/C25H27ClN2O3/c1-4-27-9-11-28(12-10-27)25(29)13-17(2)20-14-21-22(18-5-7-19(26)8-6-18)16-31-24(21)15-23(20)30-3/h5-8,13-16H,4,9-12H2,1-3H3/b17-13+. The predicted molar refractivity (Wildman–Crippen MR) is 126 cm³/mol. The van der Waals surface area contributed by atoms with E-state index >= 15 is 0 Å². The molecule has 31 heavy (non-hydrogen) atoms. The van der Waals surface area contributed by atoms with Gasteiger partial charge in [0.15, 0.2) is 0 Å². The number of allylic oxidation sites excluding steroid dienone is 1. The van der Waals surface area contributed by atoms with E-state index in [1.165, 1.54) is 0 Å². The summed E-state index contributed by atoms with van der Waals surface area (Å²) in [5.74, 6) is 0.724. The number of amides is 1. The van der Waals surface area contributed by atoms with Gasteiger partial charge in [0.1, 0.15) is 11.3 Å². The van der Waals surface area contributed by atoms with Gasteiger partial charge in [-0.05, 0) is 42.8 Å². The lowest BCUT2D eigenvalue weighted by Gasteiger charge is -2.33. The van der Waals surface area contributed by atoms with E-state index in [0.29, 0.717) is 10.8 Å². The van der Waals surface area contributed by atoms with Crippen LogP contribution < -0.4 is 4.74 Å². The topological polar surface area (TPSA) is 45.9 Å². The van der Waals surface area contributed by atoms with Gasteiger partial charge in [-0.3, -0.25) is 4.79 Å². The molecular formula is C25H27ClN2O3. The fourth-order valence-electron chi connectivity index (χ4n) is 4.02. The van der Waals surface area contributed by atoms with Gasteiger partial charge in [0.25, 0.3) is 0 Å². The molecule has 1 aromatic heterocycles. The van der Waals surface area contributed by atoms with Crippen molar-refractivity contribution in [3.8, 4) is 16.9 Å². The first kappa shape index (κ1) is 21.5. The number of piperazine rings is 1. The van der Waals surface area contributed by atoms with Gasteiger partial charge >= 0.3 is 0 Å². The van der Waals surface area contributed by atoms with Gasteiger partial charge in [0, 0.05) is 59.9 Å². The zero-order valence-corrected chi connectivity index (χ0v) is 18.9.